The number of benzene rings is 1. The van der Waals surface area contributed by atoms with Crippen LogP contribution in [0.5, 0.6) is 5.75 Å². The molecule has 1 saturated heterocycles. The Balaban J connectivity index is 2.78. The van der Waals surface area contributed by atoms with E-state index in [0.29, 0.717) is 16.8 Å². The summed E-state index contributed by atoms with van der Waals surface area (Å²) in [7, 11) is 0. The van der Waals surface area contributed by atoms with Gasteiger partial charge in [0.25, 0.3) is 0 Å². The van der Waals surface area contributed by atoms with Gasteiger partial charge < -0.3 is 5.11 Å². The molecule has 27 heavy (non-hydrogen) atoms. The molecule has 6 nitrogen and oxygen atoms in total. The summed E-state index contributed by atoms with van der Waals surface area (Å²) in [6.45, 7) is 13.5. The Bertz CT molecular complexity index is 733. The molecule has 0 radical (unpaired) electrons. The Morgan fingerprint density at radius 2 is 1.41 bits per heavy atom. The standard InChI is InChI=1S/C21H30N2O4/c1-8-16(24)22(23-17(25)9-10-18(23)26)13-11-14(20(2,3)4)19(27)15(12-13)21(5,6)7/h11-12,27H,8-10H2,1-7H3. The highest BCUT2D eigenvalue weighted by molar-refractivity contribution is 6.09. The second-order valence-electron chi connectivity index (χ2n) is 9.05. The minimum absolute atomic E-state index is 0.0999. The normalized spacial score (nSPS) is 15.4. The van der Waals surface area contributed by atoms with Crippen LogP contribution >= 0.6 is 0 Å². The van der Waals surface area contributed by atoms with Gasteiger partial charge in [0.05, 0.1) is 5.69 Å². The molecule has 1 aliphatic heterocycles. The lowest BCUT2D eigenvalue weighted by atomic mass is 9.79. The third-order valence-electron chi connectivity index (χ3n) is 4.72. The van der Waals surface area contributed by atoms with Gasteiger partial charge in [-0.3, -0.25) is 14.4 Å². The predicted molar refractivity (Wildman–Crippen MR) is 104 cm³/mol. The largest absolute Gasteiger partial charge is 0.507 e. The first-order valence-electron chi connectivity index (χ1n) is 9.35. The zero-order valence-electron chi connectivity index (χ0n) is 17.3. The number of imide groups is 1. The Labute approximate surface area is 161 Å². The van der Waals surface area contributed by atoms with Crippen LogP contribution in [0.3, 0.4) is 0 Å². The molecule has 148 valence electrons. The first-order chi connectivity index (χ1) is 12.3. The number of phenols is 1. The molecule has 1 aromatic rings. The van der Waals surface area contributed by atoms with Crippen molar-refractivity contribution in [1.29, 1.82) is 0 Å². The molecular weight excluding hydrogens is 344 g/mol. The summed E-state index contributed by atoms with van der Waals surface area (Å²) in [6.07, 6.45) is 0.346. The Hall–Kier alpha value is -2.37. The number of nitrogens with zero attached hydrogens (tertiary/aromatic N) is 2. The summed E-state index contributed by atoms with van der Waals surface area (Å²) >= 11 is 0. The van der Waals surface area contributed by atoms with E-state index in [2.05, 4.69) is 0 Å². The maximum atomic E-state index is 12.7. The molecule has 0 unspecified atom stereocenters. The fourth-order valence-electron chi connectivity index (χ4n) is 3.19. The van der Waals surface area contributed by atoms with Gasteiger partial charge in [-0.15, -0.1) is 0 Å². The number of hydrazine groups is 1. The minimum atomic E-state index is -0.389. The van der Waals surface area contributed by atoms with Crippen LogP contribution in [0.4, 0.5) is 5.69 Å². The summed E-state index contributed by atoms with van der Waals surface area (Å²) in [5.41, 5.74) is 0.981. The molecule has 0 aliphatic carbocycles. The summed E-state index contributed by atoms with van der Waals surface area (Å²) in [6, 6.07) is 3.41. The van der Waals surface area contributed by atoms with E-state index in [1.807, 2.05) is 41.5 Å². The van der Waals surface area contributed by atoms with E-state index < -0.39 is 0 Å². The van der Waals surface area contributed by atoms with Gasteiger partial charge in [0.15, 0.2) is 0 Å². The van der Waals surface area contributed by atoms with Crippen molar-refractivity contribution in [3.63, 3.8) is 0 Å². The highest BCUT2D eigenvalue weighted by Gasteiger charge is 2.38. The summed E-state index contributed by atoms with van der Waals surface area (Å²) in [5.74, 6) is -0.931. The lowest BCUT2D eigenvalue weighted by molar-refractivity contribution is -0.143. The highest BCUT2D eigenvalue weighted by atomic mass is 16.3. The zero-order chi connectivity index (χ0) is 20.7. The van der Waals surface area contributed by atoms with E-state index in [0.717, 1.165) is 5.01 Å². The van der Waals surface area contributed by atoms with Crippen LogP contribution < -0.4 is 5.01 Å². The molecule has 2 rings (SSSR count). The quantitative estimate of drug-likeness (QED) is 0.817. The van der Waals surface area contributed by atoms with Crippen LogP contribution in [0.2, 0.25) is 0 Å². The van der Waals surface area contributed by atoms with Gasteiger partial charge in [-0.25, -0.2) is 5.01 Å². The van der Waals surface area contributed by atoms with Crippen molar-refractivity contribution in [1.82, 2.24) is 5.01 Å². The maximum Gasteiger partial charge on any atom is 0.249 e. The fraction of sp³-hybridized carbons (Fsp3) is 0.571. The second kappa shape index (κ2) is 6.98. The van der Waals surface area contributed by atoms with Crippen molar-refractivity contribution in [3.8, 4) is 5.75 Å². The molecule has 1 aliphatic rings. The van der Waals surface area contributed by atoms with E-state index in [1.165, 1.54) is 5.01 Å². The topological polar surface area (TPSA) is 77.9 Å². The highest BCUT2D eigenvalue weighted by Crippen LogP contribution is 2.42. The Kier molecular flexibility index (Phi) is 5.41. The molecule has 6 heteroatoms. The molecule has 0 aromatic heterocycles. The van der Waals surface area contributed by atoms with Crippen molar-refractivity contribution in [2.24, 2.45) is 0 Å². The van der Waals surface area contributed by atoms with Gasteiger partial charge in [-0.05, 0) is 23.0 Å². The fourth-order valence-corrected chi connectivity index (χ4v) is 3.19. The zero-order valence-corrected chi connectivity index (χ0v) is 17.3. The van der Waals surface area contributed by atoms with Crippen LogP contribution in [0.15, 0.2) is 12.1 Å². The van der Waals surface area contributed by atoms with Gasteiger partial charge in [0.1, 0.15) is 5.75 Å². The minimum Gasteiger partial charge on any atom is -0.507 e. The SMILES string of the molecule is CCC(=O)N(c1cc(C(C)(C)C)c(O)c(C(C)(C)C)c1)N1C(=O)CCC1=O. The molecule has 1 aromatic carbocycles. The van der Waals surface area contributed by atoms with E-state index in [1.54, 1.807) is 19.1 Å². The van der Waals surface area contributed by atoms with E-state index in [-0.39, 0.29) is 53.6 Å². The average molecular weight is 374 g/mol. The number of carbonyl (C=O) groups excluding carboxylic acids is 3. The van der Waals surface area contributed by atoms with Gasteiger partial charge in [0, 0.05) is 30.4 Å². The Morgan fingerprint density at radius 3 is 1.74 bits per heavy atom. The molecule has 1 fully saturated rings. The van der Waals surface area contributed by atoms with Crippen LogP contribution in [-0.2, 0) is 25.2 Å². The summed E-state index contributed by atoms with van der Waals surface area (Å²) in [4.78, 5) is 37.3. The number of rotatable bonds is 3. The summed E-state index contributed by atoms with van der Waals surface area (Å²) < 4.78 is 0. The second-order valence-corrected chi connectivity index (χ2v) is 9.05. The molecule has 0 saturated carbocycles. The van der Waals surface area contributed by atoms with Crippen molar-refractivity contribution in [2.45, 2.75) is 78.6 Å². The molecule has 0 atom stereocenters. The monoisotopic (exact) mass is 374 g/mol. The Morgan fingerprint density at radius 1 is 1.00 bits per heavy atom. The molecule has 3 amide bonds. The number of anilines is 1. The van der Waals surface area contributed by atoms with E-state index in [4.69, 9.17) is 0 Å². The van der Waals surface area contributed by atoms with Gasteiger partial charge in [-0.1, -0.05) is 48.5 Å². The van der Waals surface area contributed by atoms with Crippen LogP contribution in [0.25, 0.3) is 0 Å². The number of phenolic OH excluding ortho intramolecular Hbond substituents is 1. The maximum absolute atomic E-state index is 12.7. The molecule has 0 bridgehead atoms. The number of amides is 3. The average Bonchev–Trinajstić information content (AvgIpc) is 2.86. The molecule has 1 N–H and O–H groups in total. The van der Waals surface area contributed by atoms with Crippen molar-refractivity contribution in [2.75, 3.05) is 5.01 Å². The smallest absolute Gasteiger partial charge is 0.249 e. The van der Waals surface area contributed by atoms with Crippen LogP contribution in [0, 0.1) is 0 Å². The lowest BCUT2D eigenvalue weighted by Gasteiger charge is -2.34. The molecule has 0 spiro atoms. The predicted octanol–water partition coefficient (Wildman–Crippen LogP) is 3.79. The van der Waals surface area contributed by atoms with Gasteiger partial charge in [-0.2, -0.15) is 5.01 Å². The molecule has 1 heterocycles. The van der Waals surface area contributed by atoms with Crippen molar-refractivity contribution < 1.29 is 19.5 Å². The van der Waals surface area contributed by atoms with Crippen LogP contribution in [0.1, 0.15) is 78.9 Å². The van der Waals surface area contributed by atoms with Crippen LogP contribution in [-0.4, -0.2) is 27.8 Å². The number of carbonyl (C=O) groups is 3. The summed E-state index contributed by atoms with van der Waals surface area (Å²) in [5, 5.41) is 13.0. The van der Waals surface area contributed by atoms with E-state index >= 15 is 0 Å². The number of hydrogen-bond acceptors (Lipinski definition) is 4. The third kappa shape index (κ3) is 3.99. The molecular formula is C21H30N2O4. The number of hydrogen-bond donors (Lipinski definition) is 1. The third-order valence-corrected chi connectivity index (χ3v) is 4.72. The van der Waals surface area contributed by atoms with Gasteiger partial charge in [0.2, 0.25) is 17.7 Å². The van der Waals surface area contributed by atoms with E-state index in [9.17, 15) is 19.5 Å². The first kappa shape index (κ1) is 20.9. The first-order valence-corrected chi connectivity index (χ1v) is 9.35. The number of aromatic hydroxyl groups is 1. The van der Waals surface area contributed by atoms with Crippen molar-refractivity contribution >= 4 is 23.4 Å². The van der Waals surface area contributed by atoms with Gasteiger partial charge >= 0.3 is 0 Å². The van der Waals surface area contributed by atoms with Crippen molar-refractivity contribution in [3.05, 3.63) is 23.3 Å². The lowest BCUT2D eigenvalue weighted by Crippen LogP contribution is -2.49.